The van der Waals surface area contributed by atoms with Crippen LogP contribution >= 0.6 is 0 Å². The van der Waals surface area contributed by atoms with E-state index < -0.39 is 5.41 Å². The zero-order chi connectivity index (χ0) is 25.9. The van der Waals surface area contributed by atoms with E-state index in [0.29, 0.717) is 24.2 Å². The summed E-state index contributed by atoms with van der Waals surface area (Å²) in [5, 5.41) is 0. The third kappa shape index (κ3) is 3.62. The Balaban J connectivity index is 1.51. The predicted molar refractivity (Wildman–Crippen MR) is 149 cm³/mol. The van der Waals surface area contributed by atoms with Gasteiger partial charge in [-0.05, 0) is 117 Å². The normalized spacial score (nSPS) is 36.8. The molecule has 5 aliphatic rings. The highest BCUT2D eigenvalue weighted by molar-refractivity contribution is 5.93. The summed E-state index contributed by atoms with van der Waals surface area (Å²) in [6.45, 7) is 10.7. The molecular formula is C34H41NO2. The third-order valence-electron chi connectivity index (χ3n) is 11.0. The number of anilines is 1. The van der Waals surface area contributed by atoms with Crippen LogP contribution in [0, 0.1) is 40.4 Å². The molecule has 1 heterocycles. The molecule has 1 aliphatic heterocycles. The highest BCUT2D eigenvalue weighted by atomic mass is 16.1. The van der Waals surface area contributed by atoms with Gasteiger partial charge < -0.3 is 4.90 Å². The standard InChI is InChI=1S/C34H41NO2/c1-5-15-34(23(3)36)16-14-31-29-19-22(2)28-20-26(37)12-13-27(28)32(29)30(21-33(31,34)4)24-8-10-25(11-9-24)35-17-6-7-18-35/h8-11,20,22,29-31H,6-7,12-14,16-19,21H2,1-4H3/t22?,29-,30+,31-,33-,34+/m0/s1. The number of benzene rings is 1. The Hall–Kier alpha value is -2.60. The summed E-state index contributed by atoms with van der Waals surface area (Å²) in [6.07, 6.45) is 10.00. The average molecular weight is 496 g/mol. The number of rotatable bonds is 3. The summed E-state index contributed by atoms with van der Waals surface area (Å²) in [7, 11) is 0. The quantitative estimate of drug-likeness (QED) is 0.423. The largest absolute Gasteiger partial charge is 0.372 e. The molecule has 4 aliphatic carbocycles. The first-order valence-electron chi connectivity index (χ1n) is 14.6. The molecule has 1 saturated heterocycles. The van der Waals surface area contributed by atoms with E-state index in [1.54, 1.807) is 12.5 Å². The maximum Gasteiger partial charge on any atom is 0.156 e. The first kappa shape index (κ1) is 24.7. The van der Waals surface area contributed by atoms with Gasteiger partial charge in [0.15, 0.2) is 5.78 Å². The summed E-state index contributed by atoms with van der Waals surface area (Å²) >= 11 is 0. The molecule has 0 bridgehead atoms. The molecule has 1 aromatic rings. The Labute approximate surface area is 222 Å². The minimum atomic E-state index is -0.557. The molecular weight excluding hydrogens is 454 g/mol. The molecule has 6 rings (SSSR count). The zero-order valence-electron chi connectivity index (χ0n) is 23.0. The first-order valence-corrected chi connectivity index (χ1v) is 14.6. The average Bonchev–Trinajstić information content (AvgIpc) is 3.52. The van der Waals surface area contributed by atoms with Gasteiger partial charge in [0.05, 0.1) is 5.41 Å². The number of fused-ring (bicyclic) bond motifs is 4. The monoisotopic (exact) mass is 495 g/mol. The van der Waals surface area contributed by atoms with Gasteiger partial charge in [0.2, 0.25) is 0 Å². The molecule has 0 amide bonds. The zero-order valence-corrected chi connectivity index (χ0v) is 23.0. The molecule has 3 heteroatoms. The van der Waals surface area contributed by atoms with E-state index in [2.05, 4.69) is 54.9 Å². The van der Waals surface area contributed by atoms with Crippen molar-refractivity contribution in [2.75, 3.05) is 18.0 Å². The number of allylic oxidation sites excluding steroid dienone is 4. The summed E-state index contributed by atoms with van der Waals surface area (Å²) in [6, 6.07) is 9.36. The van der Waals surface area contributed by atoms with Crippen molar-refractivity contribution in [3.05, 3.63) is 52.6 Å². The molecule has 37 heavy (non-hydrogen) atoms. The molecule has 1 unspecified atom stereocenters. The van der Waals surface area contributed by atoms with Crippen molar-refractivity contribution in [1.29, 1.82) is 0 Å². The molecule has 194 valence electrons. The van der Waals surface area contributed by atoms with Gasteiger partial charge >= 0.3 is 0 Å². The van der Waals surface area contributed by atoms with Crippen LogP contribution in [0.4, 0.5) is 5.69 Å². The highest BCUT2D eigenvalue weighted by Crippen LogP contribution is 2.70. The molecule has 1 aromatic carbocycles. The van der Waals surface area contributed by atoms with Gasteiger partial charge in [0.25, 0.3) is 0 Å². The molecule has 0 N–H and O–H groups in total. The van der Waals surface area contributed by atoms with Crippen LogP contribution in [-0.2, 0) is 9.59 Å². The lowest BCUT2D eigenvalue weighted by Gasteiger charge is -2.55. The van der Waals surface area contributed by atoms with Crippen molar-refractivity contribution in [3.8, 4) is 11.8 Å². The van der Waals surface area contributed by atoms with Gasteiger partial charge in [-0.25, -0.2) is 0 Å². The fourth-order valence-corrected chi connectivity index (χ4v) is 9.26. The van der Waals surface area contributed by atoms with Gasteiger partial charge in [-0.1, -0.05) is 37.5 Å². The van der Waals surface area contributed by atoms with Crippen LogP contribution in [0.25, 0.3) is 0 Å². The predicted octanol–water partition coefficient (Wildman–Crippen LogP) is 7.03. The third-order valence-corrected chi connectivity index (χ3v) is 11.0. The summed E-state index contributed by atoms with van der Waals surface area (Å²) in [4.78, 5) is 28.3. The number of Topliss-reactive ketones (excluding diaryl/α,β-unsaturated/α-hetero) is 1. The van der Waals surface area contributed by atoms with Crippen molar-refractivity contribution in [2.45, 2.75) is 85.0 Å². The number of hydrogen-bond donors (Lipinski definition) is 0. The van der Waals surface area contributed by atoms with Gasteiger partial charge in [-0.15, -0.1) is 5.92 Å². The van der Waals surface area contributed by atoms with Gasteiger partial charge in [-0.2, -0.15) is 0 Å². The molecule has 6 atom stereocenters. The number of carbonyl (C=O) groups is 2. The lowest BCUT2D eigenvalue weighted by atomic mass is 9.47. The number of carbonyl (C=O) groups excluding carboxylic acids is 2. The Bertz CT molecular complexity index is 1250. The van der Waals surface area contributed by atoms with Gasteiger partial charge in [0.1, 0.15) is 5.78 Å². The SMILES string of the molecule is CC#C[C@]1(C(C)=O)CC[C@H]2[C@@H]3CC(C)C4=CC(=O)CCC4=C3[C@@H](c3ccc(N4CCCC4)cc3)C[C@@]21C. The van der Waals surface area contributed by atoms with Gasteiger partial charge in [0, 0.05) is 31.1 Å². The van der Waals surface area contributed by atoms with Crippen molar-refractivity contribution in [3.63, 3.8) is 0 Å². The maximum absolute atomic E-state index is 13.4. The van der Waals surface area contributed by atoms with Crippen LogP contribution < -0.4 is 4.90 Å². The van der Waals surface area contributed by atoms with Gasteiger partial charge in [-0.3, -0.25) is 9.59 Å². The van der Waals surface area contributed by atoms with Crippen LogP contribution in [0.5, 0.6) is 0 Å². The summed E-state index contributed by atoms with van der Waals surface area (Å²) in [5.41, 5.74) is 6.35. The van der Waals surface area contributed by atoms with Crippen molar-refractivity contribution in [2.24, 2.45) is 28.6 Å². The fraction of sp³-hybridized carbons (Fsp3) is 0.588. The van der Waals surface area contributed by atoms with E-state index in [4.69, 9.17) is 0 Å². The molecule has 3 fully saturated rings. The van der Waals surface area contributed by atoms with E-state index in [1.807, 2.05) is 13.0 Å². The highest BCUT2D eigenvalue weighted by Gasteiger charge is 2.65. The second kappa shape index (κ2) is 9.00. The number of ketones is 2. The lowest BCUT2D eigenvalue weighted by molar-refractivity contribution is -0.130. The maximum atomic E-state index is 13.4. The van der Waals surface area contributed by atoms with E-state index in [-0.39, 0.29) is 22.9 Å². The first-order chi connectivity index (χ1) is 17.8. The Morgan fingerprint density at radius 1 is 1.11 bits per heavy atom. The lowest BCUT2D eigenvalue weighted by Crippen LogP contribution is -2.50. The molecule has 0 aromatic heterocycles. The molecule has 0 radical (unpaired) electrons. The van der Waals surface area contributed by atoms with Crippen LogP contribution in [0.2, 0.25) is 0 Å². The molecule has 3 nitrogen and oxygen atoms in total. The minimum absolute atomic E-state index is 0.152. The Morgan fingerprint density at radius 2 is 1.84 bits per heavy atom. The van der Waals surface area contributed by atoms with Crippen LogP contribution in [0.15, 0.2) is 47.1 Å². The van der Waals surface area contributed by atoms with E-state index in [0.717, 1.165) is 45.2 Å². The Kier molecular flexibility index (Phi) is 6.02. The summed E-state index contributed by atoms with van der Waals surface area (Å²) < 4.78 is 0. The topological polar surface area (TPSA) is 37.4 Å². The number of nitrogens with zero attached hydrogens (tertiary/aromatic N) is 1. The van der Waals surface area contributed by atoms with Crippen molar-refractivity contribution < 1.29 is 9.59 Å². The van der Waals surface area contributed by atoms with Crippen LogP contribution in [-0.4, -0.2) is 24.7 Å². The second-order valence-corrected chi connectivity index (χ2v) is 12.7. The smallest absolute Gasteiger partial charge is 0.156 e. The van der Waals surface area contributed by atoms with Crippen molar-refractivity contribution in [1.82, 2.24) is 0 Å². The van der Waals surface area contributed by atoms with E-state index >= 15 is 0 Å². The fourth-order valence-electron chi connectivity index (χ4n) is 9.26. The molecule has 0 spiro atoms. The second-order valence-electron chi connectivity index (χ2n) is 12.7. The Morgan fingerprint density at radius 3 is 2.51 bits per heavy atom. The number of hydrogen-bond acceptors (Lipinski definition) is 3. The minimum Gasteiger partial charge on any atom is -0.372 e. The molecule has 2 saturated carbocycles. The van der Waals surface area contributed by atoms with E-state index in [9.17, 15) is 9.59 Å². The van der Waals surface area contributed by atoms with Crippen LogP contribution in [0.1, 0.15) is 90.5 Å². The summed E-state index contributed by atoms with van der Waals surface area (Å²) in [5.74, 6) is 8.79. The van der Waals surface area contributed by atoms with Crippen molar-refractivity contribution >= 4 is 17.3 Å². The van der Waals surface area contributed by atoms with E-state index in [1.165, 1.54) is 35.2 Å². The van der Waals surface area contributed by atoms with Crippen LogP contribution in [0.3, 0.4) is 0 Å².